The first-order chi connectivity index (χ1) is 16.1. The zero-order valence-corrected chi connectivity index (χ0v) is 18.7. The minimum Gasteiger partial charge on any atom is -0.398 e. The van der Waals surface area contributed by atoms with E-state index in [1.165, 1.54) is 0 Å². The van der Waals surface area contributed by atoms with Crippen LogP contribution in [-0.4, -0.2) is 39.7 Å². The molecule has 172 valence electrons. The fourth-order valence-electron chi connectivity index (χ4n) is 3.92. The van der Waals surface area contributed by atoms with Gasteiger partial charge in [-0.15, -0.1) is 0 Å². The molecular formula is C25H31N7O. The summed E-state index contributed by atoms with van der Waals surface area (Å²) in [6.07, 6.45) is 7.25. The van der Waals surface area contributed by atoms with E-state index < -0.39 is 0 Å². The van der Waals surface area contributed by atoms with Crippen molar-refractivity contribution in [2.45, 2.75) is 32.0 Å². The molecule has 1 amide bonds. The van der Waals surface area contributed by atoms with E-state index >= 15 is 0 Å². The molecule has 0 spiro atoms. The summed E-state index contributed by atoms with van der Waals surface area (Å²) in [6, 6.07) is 17.6. The molecule has 0 radical (unpaired) electrons. The van der Waals surface area contributed by atoms with Gasteiger partial charge in [-0.1, -0.05) is 30.3 Å². The van der Waals surface area contributed by atoms with Crippen LogP contribution in [0.5, 0.6) is 0 Å². The van der Waals surface area contributed by atoms with Gasteiger partial charge in [0.15, 0.2) is 0 Å². The Morgan fingerprint density at radius 1 is 1.09 bits per heavy atom. The highest BCUT2D eigenvalue weighted by atomic mass is 16.1. The minimum absolute atomic E-state index is 0.0992. The Kier molecular flexibility index (Phi) is 7.26. The number of benzene rings is 2. The number of nitrogens with two attached hydrogens (primary N) is 2. The Bertz CT molecular complexity index is 1080. The van der Waals surface area contributed by atoms with Crippen molar-refractivity contribution in [3.8, 4) is 5.69 Å². The van der Waals surface area contributed by atoms with Crippen molar-refractivity contribution < 1.29 is 4.79 Å². The van der Waals surface area contributed by atoms with Crippen LogP contribution in [-0.2, 0) is 17.9 Å². The molecule has 3 aromatic rings. The molecule has 1 saturated heterocycles. The maximum absolute atomic E-state index is 12.8. The van der Waals surface area contributed by atoms with Gasteiger partial charge >= 0.3 is 0 Å². The Balaban J connectivity index is 1.40. The number of para-hydroxylation sites is 1. The van der Waals surface area contributed by atoms with E-state index in [2.05, 4.69) is 20.6 Å². The highest BCUT2D eigenvalue weighted by molar-refractivity contribution is 5.88. The van der Waals surface area contributed by atoms with E-state index in [-0.39, 0.29) is 11.9 Å². The van der Waals surface area contributed by atoms with E-state index in [1.54, 1.807) is 17.0 Å². The maximum Gasteiger partial charge on any atom is 0.247 e. The number of piperidine rings is 1. The lowest BCUT2D eigenvalue weighted by Crippen LogP contribution is -2.45. The van der Waals surface area contributed by atoms with Gasteiger partial charge in [0, 0.05) is 56.4 Å². The summed E-state index contributed by atoms with van der Waals surface area (Å²) in [5.41, 5.74) is 16.0. The van der Waals surface area contributed by atoms with Gasteiger partial charge in [-0.25, -0.2) is 4.68 Å². The summed E-state index contributed by atoms with van der Waals surface area (Å²) in [5, 5.41) is 10.6. The summed E-state index contributed by atoms with van der Waals surface area (Å²) in [5.74, 6) is 0.605. The molecule has 2 aromatic carbocycles. The molecule has 4 rings (SSSR count). The molecule has 8 heteroatoms. The predicted octanol–water partition coefficient (Wildman–Crippen LogP) is 2.12. The van der Waals surface area contributed by atoms with E-state index in [9.17, 15) is 4.79 Å². The van der Waals surface area contributed by atoms with E-state index in [4.69, 9.17) is 11.5 Å². The number of amides is 1. The molecule has 0 bridgehead atoms. The van der Waals surface area contributed by atoms with Crippen molar-refractivity contribution in [1.29, 1.82) is 0 Å². The van der Waals surface area contributed by atoms with Crippen LogP contribution >= 0.6 is 0 Å². The van der Waals surface area contributed by atoms with Gasteiger partial charge in [-0.2, -0.15) is 5.10 Å². The topological polar surface area (TPSA) is 114 Å². The van der Waals surface area contributed by atoms with Gasteiger partial charge in [-0.3, -0.25) is 4.79 Å². The molecule has 2 heterocycles. The van der Waals surface area contributed by atoms with Crippen LogP contribution in [0.1, 0.15) is 24.0 Å². The van der Waals surface area contributed by atoms with Crippen LogP contribution in [0, 0.1) is 0 Å². The summed E-state index contributed by atoms with van der Waals surface area (Å²) in [6.45, 7) is 2.55. The molecule has 0 aliphatic carbocycles. The average Bonchev–Trinajstić information content (AvgIpc) is 3.37. The van der Waals surface area contributed by atoms with Crippen LogP contribution in [0.25, 0.3) is 5.69 Å². The molecule has 33 heavy (non-hydrogen) atoms. The molecule has 6 N–H and O–H groups in total. The zero-order chi connectivity index (χ0) is 23.0. The van der Waals surface area contributed by atoms with Crippen molar-refractivity contribution in [2.24, 2.45) is 5.73 Å². The Morgan fingerprint density at radius 3 is 2.64 bits per heavy atom. The second kappa shape index (κ2) is 10.7. The third kappa shape index (κ3) is 6.14. The molecule has 1 fully saturated rings. The number of likely N-dealkylation sites (tertiary alicyclic amines) is 1. The van der Waals surface area contributed by atoms with Crippen LogP contribution in [0.3, 0.4) is 0 Å². The van der Waals surface area contributed by atoms with Crippen molar-refractivity contribution >= 4 is 11.6 Å². The summed E-state index contributed by atoms with van der Waals surface area (Å²) < 4.78 is 1.80. The van der Waals surface area contributed by atoms with E-state index in [1.807, 2.05) is 60.8 Å². The Morgan fingerprint density at radius 2 is 1.91 bits per heavy atom. The first kappa shape index (κ1) is 22.4. The van der Waals surface area contributed by atoms with Crippen LogP contribution < -0.4 is 22.1 Å². The van der Waals surface area contributed by atoms with Crippen molar-refractivity contribution in [2.75, 3.05) is 18.8 Å². The molecule has 0 unspecified atom stereocenters. The number of hydrogen-bond donors (Lipinski definition) is 4. The van der Waals surface area contributed by atoms with Gasteiger partial charge < -0.3 is 27.0 Å². The smallest absolute Gasteiger partial charge is 0.247 e. The monoisotopic (exact) mass is 445 g/mol. The van der Waals surface area contributed by atoms with Crippen LogP contribution in [0.15, 0.2) is 78.9 Å². The number of nitrogens with zero attached hydrogens (tertiary/aromatic N) is 3. The number of nitrogen functional groups attached to an aromatic ring is 1. The fourth-order valence-corrected chi connectivity index (χ4v) is 3.92. The summed E-state index contributed by atoms with van der Waals surface area (Å²) >= 11 is 0. The second-order valence-electron chi connectivity index (χ2n) is 8.27. The van der Waals surface area contributed by atoms with E-state index in [0.717, 1.165) is 47.7 Å². The average molecular weight is 446 g/mol. The SMILES string of the molecule is Nc1ccccc1CN/C(=C\C(=O)NCc1ccc(-n2cccn2)cc1)N1CCC[C@@H](N)C1. The quantitative estimate of drug-likeness (QED) is 0.312. The Labute approximate surface area is 194 Å². The van der Waals surface area contributed by atoms with E-state index in [0.29, 0.717) is 19.6 Å². The molecule has 1 aliphatic rings. The number of carbonyl (C=O) groups is 1. The lowest BCUT2D eigenvalue weighted by atomic mass is 10.1. The lowest BCUT2D eigenvalue weighted by molar-refractivity contribution is -0.116. The normalized spacial score (nSPS) is 16.5. The third-order valence-electron chi connectivity index (χ3n) is 5.75. The standard InChI is InChI=1S/C25H31N7O/c26-21-6-3-13-31(18-21)24(28-17-20-5-1-2-7-23(20)27)15-25(33)29-16-19-8-10-22(11-9-19)32-14-4-12-30-32/h1-2,4-5,7-12,14-15,21,28H,3,6,13,16-18,26-27H2,(H,29,33)/b24-15+/t21-/m1/s1. The zero-order valence-electron chi connectivity index (χ0n) is 18.7. The number of carbonyl (C=O) groups excluding carboxylic acids is 1. The highest BCUT2D eigenvalue weighted by Crippen LogP contribution is 2.15. The van der Waals surface area contributed by atoms with Crippen LogP contribution in [0.4, 0.5) is 5.69 Å². The highest BCUT2D eigenvalue weighted by Gasteiger charge is 2.19. The van der Waals surface area contributed by atoms with Gasteiger partial charge in [0.1, 0.15) is 5.82 Å². The number of aromatic nitrogens is 2. The summed E-state index contributed by atoms with van der Waals surface area (Å²) in [7, 11) is 0. The number of hydrogen-bond acceptors (Lipinski definition) is 6. The largest absolute Gasteiger partial charge is 0.398 e. The van der Waals surface area contributed by atoms with Gasteiger partial charge in [0.2, 0.25) is 5.91 Å². The molecular weight excluding hydrogens is 414 g/mol. The van der Waals surface area contributed by atoms with Gasteiger partial charge in [0.25, 0.3) is 0 Å². The molecule has 1 atom stereocenters. The third-order valence-corrected chi connectivity index (χ3v) is 5.75. The number of anilines is 1. The van der Waals surface area contributed by atoms with Crippen molar-refractivity contribution in [1.82, 2.24) is 25.3 Å². The number of rotatable bonds is 8. The molecule has 1 aromatic heterocycles. The maximum atomic E-state index is 12.8. The first-order valence-electron chi connectivity index (χ1n) is 11.2. The molecule has 0 saturated carbocycles. The van der Waals surface area contributed by atoms with Gasteiger partial charge in [-0.05, 0) is 48.2 Å². The fraction of sp³-hybridized carbons (Fsp3) is 0.280. The van der Waals surface area contributed by atoms with Gasteiger partial charge in [0.05, 0.1) is 5.69 Å². The van der Waals surface area contributed by atoms with Crippen LogP contribution in [0.2, 0.25) is 0 Å². The van der Waals surface area contributed by atoms with Crippen molar-refractivity contribution in [3.63, 3.8) is 0 Å². The molecule has 8 nitrogen and oxygen atoms in total. The Hall–Kier alpha value is -3.78. The summed E-state index contributed by atoms with van der Waals surface area (Å²) in [4.78, 5) is 14.9. The second-order valence-corrected chi connectivity index (χ2v) is 8.27. The minimum atomic E-state index is -0.158. The lowest BCUT2D eigenvalue weighted by Gasteiger charge is -2.34. The van der Waals surface area contributed by atoms with Crippen molar-refractivity contribution in [3.05, 3.63) is 90.0 Å². The number of nitrogens with one attached hydrogen (secondary N) is 2. The predicted molar refractivity (Wildman–Crippen MR) is 130 cm³/mol. The first-order valence-corrected chi connectivity index (χ1v) is 11.2. The molecule has 1 aliphatic heterocycles.